The van der Waals surface area contributed by atoms with Crippen LogP contribution in [0.5, 0.6) is 0 Å². The van der Waals surface area contributed by atoms with Crippen molar-refractivity contribution < 1.29 is 0 Å². The summed E-state index contributed by atoms with van der Waals surface area (Å²) in [6, 6.07) is 10.8. The van der Waals surface area contributed by atoms with E-state index in [4.69, 9.17) is 0 Å². The van der Waals surface area contributed by atoms with E-state index in [1.54, 1.807) is 0 Å². The summed E-state index contributed by atoms with van der Waals surface area (Å²) in [7, 11) is 2.14. The Kier molecular flexibility index (Phi) is 2.64. The Hall–Kier alpha value is -0.760. The van der Waals surface area contributed by atoms with Gasteiger partial charge in [-0.1, -0.05) is 41.1 Å². The van der Waals surface area contributed by atoms with E-state index >= 15 is 0 Å². The fourth-order valence-electron chi connectivity index (χ4n) is 1.86. The molecule has 1 aromatic carbocycles. The summed E-state index contributed by atoms with van der Waals surface area (Å²) in [6.45, 7) is 2.24. The number of alkyl halides is 1. The molecule has 1 atom stereocenters. The predicted octanol–water partition coefficient (Wildman–Crippen LogP) is 3.68. The first-order valence-electron chi connectivity index (χ1n) is 4.84. The standard InChI is InChI=1S/C12H14BrN/c1-9(8-13)12-7-10-5-3-4-6-11(10)14(12)2/h3-7,9H,8H2,1-2H3. The highest BCUT2D eigenvalue weighted by molar-refractivity contribution is 9.09. The van der Waals surface area contributed by atoms with Crippen LogP contribution < -0.4 is 0 Å². The lowest BCUT2D eigenvalue weighted by atomic mass is 10.1. The molecule has 0 amide bonds. The van der Waals surface area contributed by atoms with Crippen molar-refractivity contribution in [3.63, 3.8) is 0 Å². The van der Waals surface area contributed by atoms with Crippen LogP contribution in [0.15, 0.2) is 30.3 Å². The quantitative estimate of drug-likeness (QED) is 0.718. The fraction of sp³-hybridized carbons (Fsp3) is 0.333. The van der Waals surface area contributed by atoms with Gasteiger partial charge in [0.2, 0.25) is 0 Å². The maximum absolute atomic E-state index is 3.53. The van der Waals surface area contributed by atoms with Crippen LogP contribution in [-0.2, 0) is 7.05 Å². The molecule has 0 aliphatic heterocycles. The van der Waals surface area contributed by atoms with Gasteiger partial charge in [0.1, 0.15) is 0 Å². The zero-order valence-electron chi connectivity index (χ0n) is 8.50. The second kappa shape index (κ2) is 3.77. The van der Waals surface area contributed by atoms with E-state index in [0.29, 0.717) is 5.92 Å². The summed E-state index contributed by atoms with van der Waals surface area (Å²) in [5.41, 5.74) is 2.71. The normalized spacial score (nSPS) is 13.4. The first-order valence-corrected chi connectivity index (χ1v) is 5.96. The van der Waals surface area contributed by atoms with E-state index in [0.717, 1.165) is 5.33 Å². The van der Waals surface area contributed by atoms with Crippen LogP contribution in [0.3, 0.4) is 0 Å². The molecule has 74 valence electrons. The van der Waals surface area contributed by atoms with Gasteiger partial charge in [0, 0.05) is 29.5 Å². The van der Waals surface area contributed by atoms with Gasteiger partial charge >= 0.3 is 0 Å². The number of hydrogen-bond acceptors (Lipinski definition) is 0. The van der Waals surface area contributed by atoms with Gasteiger partial charge in [-0.05, 0) is 17.5 Å². The molecule has 2 heteroatoms. The Labute approximate surface area is 92.9 Å². The van der Waals surface area contributed by atoms with Gasteiger partial charge < -0.3 is 4.57 Å². The molecular weight excluding hydrogens is 238 g/mol. The van der Waals surface area contributed by atoms with Gasteiger partial charge in [-0.15, -0.1) is 0 Å². The third kappa shape index (κ3) is 1.48. The first kappa shape index (κ1) is 9.78. The summed E-state index contributed by atoms with van der Waals surface area (Å²) in [6.07, 6.45) is 0. The van der Waals surface area contributed by atoms with E-state index in [2.05, 4.69) is 64.8 Å². The topological polar surface area (TPSA) is 4.93 Å². The molecule has 2 rings (SSSR count). The Bertz CT molecular complexity index is 445. The number of halogens is 1. The van der Waals surface area contributed by atoms with E-state index in [1.165, 1.54) is 16.6 Å². The molecule has 0 saturated heterocycles. The number of benzene rings is 1. The minimum Gasteiger partial charge on any atom is -0.347 e. The molecule has 0 saturated carbocycles. The molecule has 1 unspecified atom stereocenters. The molecule has 0 spiro atoms. The minimum atomic E-state index is 0.562. The van der Waals surface area contributed by atoms with Crippen LogP contribution in [0.2, 0.25) is 0 Å². The van der Waals surface area contributed by atoms with Crippen molar-refractivity contribution in [3.8, 4) is 0 Å². The van der Waals surface area contributed by atoms with Crippen LogP contribution in [0.4, 0.5) is 0 Å². The lowest BCUT2D eigenvalue weighted by molar-refractivity contribution is 0.767. The molecule has 1 aromatic heterocycles. The maximum atomic E-state index is 3.53. The molecule has 1 heterocycles. The Morgan fingerprint density at radius 1 is 1.36 bits per heavy atom. The monoisotopic (exact) mass is 251 g/mol. The second-order valence-electron chi connectivity index (χ2n) is 3.74. The summed E-state index contributed by atoms with van der Waals surface area (Å²) >= 11 is 3.53. The highest BCUT2D eigenvalue weighted by Gasteiger charge is 2.10. The number of para-hydroxylation sites is 1. The van der Waals surface area contributed by atoms with Crippen molar-refractivity contribution >= 4 is 26.8 Å². The van der Waals surface area contributed by atoms with Crippen LogP contribution in [0.1, 0.15) is 18.5 Å². The summed E-state index contributed by atoms with van der Waals surface area (Å²) in [5, 5.41) is 2.34. The molecular formula is C12H14BrN. The SMILES string of the molecule is CC(CBr)c1cc2ccccc2n1C. The number of hydrogen-bond donors (Lipinski definition) is 0. The van der Waals surface area contributed by atoms with Crippen molar-refractivity contribution in [2.75, 3.05) is 5.33 Å². The van der Waals surface area contributed by atoms with Gasteiger partial charge in [-0.2, -0.15) is 0 Å². The molecule has 0 radical (unpaired) electrons. The highest BCUT2D eigenvalue weighted by atomic mass is 79.9. The molecule has 0 aliphatic carbocycles. The van der Waals surface area contributed by atoms with Gasteiger partial charge in [0.15, 0.2) is 0 Å². The van der Waals surface area contributed by atoms with Crippen LogP contribution in [0.25, 0.3) is 10.9 Å². The Morgan fingerprint density at radius 3 is 2.71 bits per heavy atom. The summed E-state index contributed by atoms with van der Waals surface area (Å²) in [5.74, 6) is 0.562. The fourth-order valence-corrected chi connectivity index (χ4v) is 2.19. The number of fused-ring (bicyclic) bond motifs is 1. The third-order valence-electron chi connectivity index (χ3n) is 2.73. The third-order valence-corrected chi connectivity index (χ3v) is 3.70. The van der Waals surface area contributed by atoms with Gasteiger partial charge in [0.05, 0.1) is 0 Å². The molecule has 0 N–H and O–H groups in total. The number of aromatic nitrogens is 1. The van der Waals surface area contributed by atoms with Crippen LogP contribution >= 0.6 is 15.9 Å². The molecule has 0 bridgehead atoms. The first-order chi connectivity index (χ1) is 6.74. The second-order valence-corrected chi connectivity index (χ2v) is 4.39. The van der Waals surface area contributed by atoms with E-state index in [-0.39, 0.29) is 0 Å². The Balaban J connectivity index is 2.62. The Morgan fingerprint density at radius 2 is 2.07 bits per heavy atom. The molecule has 2 aromatic rings. The van der Waals surface area contributed by atoms with E-state index in [1.807, 2.05) is 0 Å². The summed E-state index contributed by atoms with van der Waals surface area (Å²) in [4.78, 5) is 0. The molecule has 1 nitrogen and oxygen atoms in total. The average Bonchev–Trinajstić information content (AvgIpc) is 2.56. The number of nitrogens with zero attached hydrogens (tertiary/aromatic N) is 1. The van der Waals surface area contributed by atoms with Gasteiger partial charge in [-0.3, -0.25) is 0 Å². The predicted molar refractivity (Wildman–Crippen MR) is 65.1 cm³/mol. The van der Waals surface area contributed by atoms with Crippen LogP contribution in [-0.4, -0.2) is 9.90 Å². The van der Waals surface area contributed by atoms with E-state index < -0.39 is 0 Å². The maximum Gasteiger partial charge on any atom is 0.0479 e. The number of aryl methyl sites for hydroxylation is 1. The van der Waals surface area contributed by atoms with Crippen LogP contribution in [0, 0.1) is 0 Å². The van der Waals surface area contributed by atoms with Crippen molar-refractivity contribution in [2.45, 2.75) is 12.8 Å². The van der Waals surface area contributed by atoms with Crippen molar-refractivity contribution in [1.29, 1.82) is 0 Å². The zero-order valence-corrected chi connectivity index (χ0v) is 10.1. The van der Waals surface area contributed by atoms with Crippen molar-refractivity contribution in [3.05, 3.63) is 36.0 Å². The number of rotatable bonds is 2. The molecule has 0 fully saturated rings. The minimum absolute atomic E-state index is 0.562. The highest BCUT2D eigenvalue weighted by Crippen LogP contribution is 2.25. The average molecular weight is 252 g/mol. The van der Waals surface area contributed by atoms with Gasteiger partial charge in [-0.25, -0.2) is 0 Å². The van der Waals surface area contributed by atoms with E-state index in [9.17, 15) is 0 Å². The molecule has 0 aliphatic rings. The van der Waals surface area contributed by atoms with Crippen molar-refractivity contribution in [2.24, 2.45) is 7.05 Å². The zero-order chi connectivity index (χ0) is 10.1. The smallest absolute Gasteiger partial charge is 0.0479 e. The largest absolute Gasteiger partial charge is 0.347 e. The van der Waals surface area contributed by atoms with Gasteiger partial charge in [0.25, 0.3) is 0 Å². The molecule has 14 heavy (non-hydrogen) atoms. The summed E-state index contributed by atoms with van der Waals surface area (Å²) < 4.78 is 2.28. The lowest BCUT2D eigenvalue weighted by Gasteiger charge is -2.09. The van der Waals surface area contributed by atoms with Crippen molar-refractivity contribution in [1.82, 2.24) is 4.57 Å². The lowest BCUT2D eigenvalue weighted by Crippen LogP contribution is -2.01.